The van der Waals surface area contributed by atoms with Crippen LogP contribution >= 0.6 is 0 Å². The smallest absolute Gasteiger partial charge is 0.268 e. The van der Waals surface area contributed by atoms with Gasteiger partial charge in [-0.2, -0.15) is 0 Å². The van der Waals surface area contributed by atoms with Gasteiger partial charge in [-0.05, 0) is 48.7 Å². The Morgan fingerprint density at radius 2 is 2.19 bits per heavy atom. The second-order valence-electron chi connectivity index (χ2n) is 6.70. The molecule has 0 aromatic heterocycles. The van der Waals surface area contributed by atoms with Crippen molar-refractivity contribution in [3.8, 4) is 0 Å². The highest BCUT2D eigenvalue weighted by atomic mass is 19.1. The predicted molar refractivity (Wildman–Crippen MR) is 99.1 cm³/mol. The molecule has 2 heterocycles. The minimum atomic E-state index is -0.702. The molecular formula is C20H20FN3O2. The summed E-state index contributed by atoms with van der Waals surface area (Å²) in [5, 5.41) is 6.86. The van der Waals surface area contributed by atoms with Crippen LogP contribution in [0.25, 0.3) is 0 Å². The lowest BCUT2D eigenvalue weighted by Crippen LogP contribution is -2.28. The van der Waals surface area contributed by atoms with Gasteiger partial charge in [0.2, 0.25) is 6.10 Å². The minimum Gasteiger partial charge on any atom is -0.382 e. The molecule has 134 valence electrons. The molecule has 1 unspecified atom stereocenters. The zero-order valence-electron chi connectivity index (χ0n) is 14.5. The minimum absolute atomic E-state index is 0.246. The average molecular weight is 353 g/mol. The number of anilines is 2. The Hall–Kier alpha value is -2.89. The fraction of sp³-hybridized carbons (Fsp3) is 0.300. The van der Waals surface area contributed by atoms with Crippen LogP contribution in [-0.2, 0) is 16.1 Å². The van der Waals surface area contributed by atoms with Crippen molar-refractivity contribution in [2.24, 2.45) is 5.16 Å². The molecular weight excluding hydrogens is 333 g/mol. The second-order valence-corrected chi connectivity index (χ2v) is 6.70. The van der Waals surface area contributed by atoms with Crippen LogP contribution in [0.2, 0.25) is 0 Å². The van der Waals surface area contributed by atoms with Gasteiger partial charge in [0, 0.05) is 37.0 Å². The monoisotopic (exact) mass is 353 g/mol. The summed E-state index contributed by atoms with van der Waals surface area (Å²) in [6.07, 6.45) is 1.74. The lowest BCUT2D eigenvalue weighted by Gasteiger charge is -2.27. The number of carbonyl (C=O) groups is 1. The molecule has 6 heteroatoms. The van der Waals surface area contributed by atoms with Crippen LogP contribution in [0.4, 0.5) is 15.8 Å². The van der Waals surface area contributed by atoms with E-state index in [4.69, 9.17) is 4.84 Å². The maximum absolute atomic E-state index is 13.4. The van der Waals surface area contributed by atoms with Crippen LogP contribution in [-0.4, -0.2) is 31.3 Å². The Morgan fingerprint density at radius 1 is 1.31 bits per heavy atom. The summed E-state index contributed by atoms with van der Waals surface area (Å²) < 4.78 is 13.4. The highest BCUT2D eigenvalue weighted by Gasteiger charge is 2.29. The molecule has 2 aliphatic heterocycles. The van der Waals surface area contributed by atoms with Crippen molar-refractivity contribution in [1.29, 1.82) is 0 Å². The summed E-state index contributed by atoms with van der Waals surface area (Å²) in [6.45, 7) is 1.05. The van der Waals surface area contributed by atoms with Crippen molar-refractivity contribution in [3.05, 3.63) is 59.4 Å². The summed E-state index contributed by atoms with van der Waals surface area (Å²) >= 11 is 0. The Bertz CT molecular complexity index is 881. The van der Waals surface area contributed by atoms with E-state index in [1.54, 1.807) is 12.1 Å². The molecule has 4 rings (SSSR count). The number of halogens is 1. The van der Waals surface area contributed by atoms with Crippen molar-refractivity contribution >= 4 is 23.0 Å². The maximum Gasteiger partial charge on any atom is 0.268 e. The summed E-state index contributed by atoms with van der Waals surface area (Å²) in [5.74, 6) is -0.582. The van der Waals surface area contributed by atoms with Crippen LogP contribution in [0.3, 0.4) is 0 Å². The van der Waals surface area contributed by atoms with Gasteiger partial charge in [-0.3, -0.25) is 4.79 Å². The van der Waals surface area contributed by atoms with E-state index < -0.39 is 6.10 Å². The molecule has 26 heavy (non-hydrogen) atoms. The Morgan fingerprint density at radius 3 is 3.04 bits per heavy atom. The lowest BCUT2D eigenvalue weighted by molar-refractivity contribution is -0.125. The third-order valence-corrected chi connectivity index (χ3v) is 4.82. The summed E-state index contributed by atoms with van der Waals surface area (Å²) in [6, 6.07) is 12.1. The van der Waals surface area contributed by atoms with Crippen LogP contribution in [0, 0.1) is 5.82 Å². The van der Waals surface area contributed by atoms with Crippen molar-refractivity contribution in [3.63, 3.8) is 0 Å². The number of aryl methyl sites for hydroxylation is 1. The number of carbonyl (C=O) groups excluding carboxylic acids is 1. The van der Waals surface area contributed by atoms with E-state index in [-0.39, 0.29) is 11.7 Å². The summed E-state index contributed by atoms with van der Waals surface area (Å²) in [7, 11) is 2.08. The highest BCUT2D eigenvalue weighted by molar-refractivity contribution is 6.06. The highest BCUT2D eigenvalue weighted by Crippen LogP contribution is 2.29. The molecule has 0 bridgehead atoms. The number of amides is 1. The average Bonchev–Trinajstić information content (AvgIpc) is 3.12. The number of rotatable bonds is 3. The van der Waals surface area contributed by atoms with E-state index in [1.165, 1.54) is 23.4 Å². The molecule has 0 aliphatic carbocycles. The number of benzene rings is 2. The topological polar surface area (TPSA) is 53.9 Å². The number of hydrogen-bond donors (Lipinski definition) is 1. The zero-order valence-corrected chi connectivity index (χ0v) is 14.5. The Kier molecular flexibility index (Phi) is 4.32. The van der Waals surface area contributed by atoms with E-state index in [0.717, 1.165) is 25.1 Å². The van der Waals surface area contributed by atoms with Crippen molar-refractivity contribution in [1.82, 2.24) is 0 Å². The van der Waals surface area contributed by atoms with E-state index in [1.807, 2.05) is 18.2 Å². The van der Waals surface area contributed by atoms with Gasteiger partial charge in [-0.25, -0.2) is 4.39 Å². The van der Waals surface area contributed by atoms with Crippen molar-refractivity contribution in [2.75, 3.05) is 23.8 Å². The van der Waals surface area contributed by atoms with Crippen molar-refractivity contribution < 1.29 is 14.0 Å². The predicted octanol–water partition coefficient (Wildman–Crippen LogP) is 3.34. The third kappa shape index (κ3) is 3.27. The fourth-order valence-corrected chi connectivity index (χ4v) is 3.44. The molecule has 0 fully saturated rings. The first-order valence-corrected chi connectivity index (χ1v) is 8.74. The van der Waals surface area contributed by atoms with Crippen LogP contribution in [0.15, 0.2) is 47.6 Å². The fourth-order valence-electron chi connectivity index (χ4n) is 3.44. The molecule has 0 saturated carbocycles. The van der Waals surface area contributed by atoms with Gasteiger partial charge in [-0.15, -0.1) is 0 Å². The molecule has 0 radical (unpaired) electrons. The van der Waals surface area contributed by atoms with E-state index in [0.29, 0.717) is 17.7 Å². The Labute approximate surface area is 151 Å². The molecule has 0 spiro atoms. The number of oxime groups is 1. The molecule has 1 N–H and O–H groups in total. The van der Waals surface area contributed by atoms with Crippen LogP contribution in [0.1, 0.15) is 24.0 Å². The molecule has 2 aliphatic rings. The molecule has 0 saturated heterocycles. The van der Waals surface area contributed by atoms with Gasteiger partial charge in [0.1, 0.15) is 5.82 Å². The molecule has 5 nitrogen and oxygen atoms in total. The van der Waals surface area contributed by atoms with Gasteiger partial charge < -0.3 is 15.1 Å². The lowest BCUT2D eigenvalue weighted by atomic mass is 10.0. The van der Waals surface area contributed by atoms with Crippen molar-refractivity contribution in [2.45, 2.75) is 25.4 Å². The molecule has 2 aromatic carbocycles. The number of fused-ring (bicyclic) bond motifs is 1. The largest absolute Gasteiger partial charge is 0.382 e. The quantitative estimate of drug-likeness (QED) is 0.921. The maximum atomic E-state index is 13.4. The standard InChI is InChI=1S/C20H20FN3O2/c1-24-9-3-5-14-11-16(7-8-18(14)24)22-20(25)19-12-17(23-26-19)13-4-2-6-15(21)10-13/h2,4,6-8,10-11,19H,3,5,9,12H2,1H3,(H,22,25). The van der Waals surface area contributed by atoms with Gasteiger partial charge >= 0.3 is 0 Å². The summed E-state index contributed by atoms with van der Waals surface area (Å²) in [4.78, 5) is 20.0. The summed E-state index contributed by atoms with van der Waals surface area (Å²) in [5.41, 5.74) is 4.42. The van der Waals surface area contributed by atoms with Gasteiger partial charge in [0.15, 0.2) is 0 Å². The third-order valence-electron chi connectivity index (χ3n) is 4.82. The molecule has 1 amide bonds. The molecule has 2 aromatic rings. The van der Waals surface area contributed by atoms with Gasteiger partial charge in [0.05, 0.1) is 5.71 Å². The zero-order chi connectivity index (χ0) is 18.1. The molecule has 1 atom stereocenters. The van der Waals surface area contributed by atoms with Crippen LogP contribution in [0.5, 0.6) is 0 Å². The first-order chi connectivity index (χ1) is 12.6. The Balaban J connectivity index is 1.42. The SMILES string of the molecule is CN1CCCc2cc(NC(=O)C3CC(c4cccc(F)c4)=NO3)ccc21. The van der Waals surface area contributed by atoms with E-state index in [2.05, 4.69) is 22.4 Å². The number of nitrogens with zero attached hydrogens (tertiary/aromatic N) is 2. The number of nitrogens with one attached hydrogen (secondary N) is 1. The second kappa shape index (κ2) is 6.78. The van der Waals surface area contributed by atoms with E-state index in [9.17, 15) is 9.18 Å². The first-order valence-electron chi connectivity index (χ1n) is 8.74. The van der Waals surface area contributed by atoms with Gasteiger partial charge in [0.25, 0.3) is 5.91 Å². The van der Waals surface area contributed by atoms with Crippen LogP contribution < -0.4 is 10.2 Å². The number of hydrogen-bond acceptors (Lipinski definition) is 4. The normalized spacial score (nSPS) is 18.8. The van der Waals surface area contributed by atoms with E-state index >= 15 is 0 Å². The first kappa shape index (κ1) is 16.6. The van der Waals surface area contributed by atoms with Gasteiger partial charge in [-0.1, -0.05) is 17.3 Å².